The molecule has 0 spiro atoms. The summed E-state index contributed by atoms with van der Waals surface area (Å²) in [5.41, 5.74) is 4.89. The third-order valence-corrected chi connectivity index (χ3v) is 27.8. The van der Waals surface area contributed by atoms with Crippen molar-refractivity contribution in [2.75, 3.05) is 0 Å². The van der Waals surface area contributed by atoms with Crippen molar-refractivity contribution in [3.05, 3.63) is 259 Å². The molecule has 1 saturated carbocycles. The standard InChI is InChI=1S/C58H54N2O2Si2.C6H6NO.In/c1-43-37-45(57(61)55(39-43)63(47-23-9-3-10-24-47,48-25-11-4-12-26-48)49-27-13-5-14-28-49)41-59-53-35-21-22-36-54(53)60-42-46-38-44(2)40-56(58(46)62)64(50-29-15-6-16-30-50,51-31-17-7-18-32-51)52-33-19-8-20-34-52;8-5-6-3-1-2-4-7-6;/h3-20,23-34,37-42,53-54,61-62H,21-22,35-36H2,1-2H3;1-4H,5H2;/q;-1;+3/p-2/t53-,54-;;/m0../s1. The molecule has 0 N–H and O–H groups in total. The van der Waals surface area contributed by atoms with Crippen LogP contribution in [0.2, 0.25) is 0 Å². The van der Waals surface area contributed by atoms with Gasteiger partial charge in [0.15, 0.2) is 0 Å². The Kier molecular flexibility index (Phi) is 14.6. The van der Waals surface area contributed by atoms with E-state index >= 15 is 0 Å². The first-order valence-electron chi connectivity index (χ1n) is 25.6. The van der Waals surface area contributed by atoms with E-state index in [0.717, 1.165) is 75.5 Å². The van der Waals surface area contributed by atoms with Crippen LogP contribution in [0.5, 0.6) is 11.5 Å². The predicted octanol–water partition coefficient (Wildman–Crippen LogP) is 8.28. The molecule has 0 radical (unpaired) electrons. The number of aromatic nitrogens is 1. The molecule has 358 valence electrons. The second-order valence-electron chi connectivity index (χ2n) is 19.3. The van der Waals surface area contributed by atoms with E-state index in [9.17, 15) is 0 Å². The Balaban J connectivity index is 1.23. The molecule has 2 heterocycles. The molecule has 1 aliphatic heterocycles. The summed E-state index contributed by atoms with van der Waals surface area (Å²) in [6, 6.07) is 81.5. The summed E-state index contributed by atoms with van der Waals surface area (Å²) in [6.45, 7) is 4.62. The van der Waals surface area contributed by atoms with Crippen LogP contribution >= 0.6 is 0 Å². The molecular weight excluding hydrogens is 1030 g/mol. The van der Waals surface area contributed by atoms with E-state index < -0.39 is 38.9 Å². The minimum atomic E-state index is -4.47. The van der Waals surface area contributed by atoms with E-state index in [1.165, 1.54) is 31.1 Å². The molecular formula is C64H58InN3O3Si2. The fourth-order valence-electron chi connectivity index (χ4n) is 11.4. The van der Waals surface area contributed by atoms with Crippen molar-refractivity contribution in [3.8, 4) is 11.5 Å². The van der Waals surface area contributed by atoms with Gasteiger partial charge in [0.05, 0.1) is 0 Å². The third kappa shape index (κ3) is 9.75. The first-order chi connectivity index (χ1) is 36.0. The van der Waals surface area contributed by atoms with Crippen LogP contribution in [0.4, 0.5) is 0 Å². The van der Waals surface area contributed by atoms with Gasteiger partial charge in [-0.2, -0.15) is 0 Å². The number of benzene rings is 8. The molecule has 9 heteroatoms. The van der Waals surface area contributed by atoms with Gasteiger partial charge < -0.3 is 0 Å². The number of rotatable bonds is 11. The normalized spacial score (nSPS) is 15.8. The monoisotopic (exact) mass is 1090 g/mol. The van der Waals surface area contributed by atoms with E-state index in [-0.39, 0.29) is 18.7 Å². The molecule has 1 aromatic heterocycles. The number of pyridine rings is 1. The van der Waals surface area contributed by atoms with Gasteiger partial charge in [-0.25, -0.2) is 0 Å². The van der Waals surface area contributed by atoms with Gasteiger partial charge in [-0.05, 0) is 0 Å². The van der Waals surface area contributed by atoms with Crippen LogP contribution in [0, 0.1) is 13.8 Å². The number of aryl methyl sites for hydroxylation is 2. The van der Waals surface area contributed by atoms with Gasteiger partial charge in [0.2, 0.25) is 0 Å². The summed E-state index contributed by atoms with van der Waals surface area (Å²) in [6.07, 6.45) is 10.1. The summed E-state index contributed by atoms with van der Waals surface area (Å²) in [7, 11) is -6.42. The maximum absolute atomic E-state index is 7.95. The summed E-state index contributed by atoms with van der Waals surface area (Å²) in [5, 5.41) is 9.75. The fourth-order valence-corrected chi connectivity index (χ4v) is 26.1. The van der Waals surface area contributed by atoms with Gasteiger partial charge in [-0.1, -0.05) is 0 Å². The topological polar surface area (TPSA) is 65.3 Å². The average molecular weight is 1090 g/mol. The van der Waals surface area contributed by atoms with Gasteiger partial charge in [-0.3, -0.25) is 0 Å². The van der Waals surface area contributed by atoms with Crippen molar-refractivity contribution in [2.24, 2.45) is 9.98 Å². The van der Waals surface area contributed by atoms with Crippen molar-refractivity contribution in [2.45, 2.75) is 58.2 Å². The second kappa shape index (κ2) is 22.1. The molecule has 8 aromatic carbocycles. The van der Waals surface area contributed by atoms with Gasteiger partial charge >= 0.3 is 445 Å². The Morgan fingerprint density at radius 3 is 1.12 bits per heavy atom. The molecule has 0 amide bonds. The molecule has 0 unspecified atom stereocenters. The number of hydrogen-bond donors (Lipinski definition) is 0. The van der Waals surface area contributed by atoms with Crippen LogP contribution in [0.1, 0.15) is 53.6 Å². The van der Waals surface area contributed by atoms with Crippen LogP contribution in [0.25, 0.3) is 0 Å². The van der Waals surface area contributed by atoms with Crippen LogP contribution in [0.3, 0.4) is 0 Å². The average Bonchev–Trinajstić information content (AvgIpc) is 3.46. The number of aliphatic imine (C=N–C) groups is 2. The van der Waals surface area contributed by atoms with E-state index in [0.29, 0.717) is 0 Å². The zero-order chi connectivity index (χ0) is 49.5. The summed E-state index contributed by atoms with van der Waals surface area (Å²) >= 11 is -4.47. The first-order valence-corrected chi connectivity index (χ1v) is 33.6. The molecule has 73 heavy (non-hydrogen) atoms. The predicted molar refractivity (Wildman–Crippen MR) is 307 cm³/mol. The Hall–Kier alpha value is -6.89. The minimum absolute atomic E-state index is 0.0123. The quantitative estimate of drug-likeness (QED) is 0.0968. The molecule has 11 rings (SSSR count). The van der Waals surface area contributed by atoms with Crippen LogP contribution in [-0.4, -0.2) is 68.4 Å². The summed E-state index contributed by atoms with van der Waals surface area (Å²) in [5.74, 6) is 1.53. The van der Waals surface area contributed by atoms with Crippen LogP contribution < -0.4 is 47.2 Å². The zero-order valence-electron chi connectivity index (χ0n) is 41.4. The summed E-state index contributed by atoms with van der Waals surface area (Å²) in [4.78, 5) is 15.8. The molecule has 2 aliphatic rings. The van der Waals surface area contributed by atoms with Crippen molar-refractivity contribution < 1.29 is 8.56 Å². The van der Waals surface area contributed by atoms with E-state index in [4.69, 9.17) is 23.5 Å². The van der Waals surface area contributed by atoms with E-state index in [2.05, 4.69) is 233 Å². The Morgan fingerprint density at radius 2 is 0.795 bits per heavy atom. The second-order valence-corrected chi connectivity index (χ2v) is 30.8. The molecule has 2 atom stereocenters. The number of fused-ring (bicyclic) bond motifs is 3. The Labute approximate surface area is 441 Å². The zero-order valence-corrected chi connectivity index (χ0v) is 46.7. The van der Waals surface area contributed by atoms with Gasteiger partial charge in [0, 0.05) is 0 Å². The molecule has 9 aromatic rings. The molecule has 1 aliphatic carbocycles. The van der Waals surface area contributed by atoms with Crippen molar-refractivity contribution >= 4 is 92.8 Å². The molecule has 0 bridgehead atoms. The van der Waals surface area contributed by atoms with Crippen LogP contribution in [0.15, 0.2) is 241 Å². The Bertz CT molecular complexity index is 2940. The van der Waals surface area contributed by atoms with Gasteiger partial charge in [0.25, 0.3) is 0 Å². The van der Waals surface area contributed by atoms with Crippen molar-refractivity contribution in [1.82, 2.24) is 4.98 Å². The SMILES string of the molecule is Cc1cc2c(c([Si](c3ccccc3)(c3ccccc3)c3ccccc3)c1)[O][In]([O]Cc1ccccn1)[O]c1c(cc(C)cc1[Si](c1ccccc1)(c1ccccc1)c1ccccc1)C=N[C@H]1CCCC[C@@H]1N=C2. The van der Waals surface area contributed by atoms with Crippen molar-refractivity contribution in [3.63, 3.8) is 0 Å². The summed E-state index contributed by atoms with van der Waals surface area (Å²) < 4.78 is 23.2. The van der Waals surface area contributed by atoms with E-state index in [1.807, 2.05) is 24.4 Å². The number of hydrogen-bond acceptors (Lipinski definition) is 6. The molecule has 0 saturated heterocycles. The van der Waals surface area contributed by atoms with Gasteiger partial charge in [0.1, 0.15) is 0 Å². The fraction of sp³-hybridized carbons (Fsp3) is 0.141. The first kappa shape index (κ1) is 48.4. The Morgan fingerprint density at radius 1 is 0.452 bits per heavy atom. The van der Waals surface area contributed by atoms with Crippen LogP contribution in [-0.2, 0) is 9.46 Å². The maximum atomic E-state index is 7.95. The molecule has 6 nitrogen and oxygen atoms in total. The van der Waals surface area contributed by atoms with E-state index in [1.54, 1.807) is 0 Å². The third-order valence-electron chi connectivity index (χ3n) is 14.6. The number of nitrogens with zero attached hydrogens (tertiary/aromatic N) is 3. The molecule has 1 fully saturated rings. The van der Waals surface area contributed by atoms with Gasteiger partial charge in [-0.15, -0.1) is 0 Å². The van der Waals surface area contributed by atoms with Crippen molar-refractivity contribution in [1.29, 1.82) is 0 Å².